The average molecular weight is 450 g/mol. The van der Waals surface area contributed by atoms with Crippen molar-refractivity contribution in [3.63, 3.8) is 0 Å². The van der Waals surface area contributed by atoms with Crippen LogP contribution in [-0.4, -0.2) is 39.7 Å². The van der Waals surface area contributed by atoms with Crippen LogP contribution in [0.4, 0.5) is 0 Å². The van der Waals surface area contributed by atoms with Crippen LogP contribution in [0.1, 0.15) is 65.9 Å². The summed E-state index contributed by atoms with van der Waals surface area (Å²) >= 11 is 0. The second-order valence-corrected chi connectivity index (χ2v) is 8.33. The van der Waals surface area contributed by atoms with E-state index in [1.54, 1.807) is 29.8 Å². The van der Waals surface area contributed by atoms with Gasteiger partial charge in [0.2, 0.25) is 0 Å². The Bertz CT molecular complexity index is 1120. The minimum atomic E-state index is -0.417. The molecule has 7 nitrogen and oxygen atoms in total. The van der Waals surface area contributed by atoms with Crippen LogP contribution in [0.2, 0.25) is 0 Å². The molecule has 2 heterocycles. The Balaban J connectivity index is 1.68. The van der Waals surface area contributed by atoms with Crippen molar-refractivity contribution in [2.24, 2.45) is 0 Å². The number of nitrogens with zero attached hydrogens (tertiary/aromatic N) is 3. The first-order valence-electron chi connectivity index (χ1n) is 11.2. The summed E-state index contributed by atoms with van der Waals surface area (Å²) in [6.07, 6.45) is 4.75. The quantitative estimate of drug-likeness (QED) is 0.328. The van der Waals surface area contributed by atoms with Gasteiger partial charge in [0, 0.05) is 24.4 Å². The molecule has 0 fully saturated rings. The molecule has 0 radical (unpaired) electrons. The van der Waals surface area contributed by atoms with Crippen LogP contribution in [0, 0.1) is 13.8 Å². The lowest BCUT2D eigenvalue weighted by molar-refractivity contribution is -0.145. The van der Waals surface area contributed by atoms with Crippen molar-refractivity contribution in [3.8, 4) is 11.6 Å². The number of hydrogen-bond acceptors (Lipinski definition) is 6. The number of aromatic nitrogens is 3. The summed E-state index contributed by atoms with van der Waals surface area (Å²) in [4.78, 5) is 28.8. The zero-order chi connectivity index (χ0) is 24.0. The number of benzene rings is 1. The molecule has 3 rings (SSSR count). The van der Waals surface area contributed by atoms with Crippen molar-refractivity contribution in [1.82, 2.24) is 14.8 Å². The molecule has 174 valence electrons. The molecule has 2 aromatic heterocycles. The molecule has 0 aliphatic carbocycles. The summed E-state index contributed by atoms with van der Waals surface area (Å²) in [5.41, 5.74) is 4.53. The second kappa shape index (κ2) is 10.9. The Kier molecular flexibility index (Phi) is 7.98. The molecule has 0 bridgehead atoms. The van der Waals surface area contributed by atoms with Crippen molar-refractivity contribution in [1.29, 1.82) is 0 Å². The smallest absolute Gasteiger partial charge is 0.344 e. The standard InChI is InChI=1S/C26H31N3O4/c1-6-32-25(31)16-33-23-11-9-20(13-19(23)5)22(30)10-8-21-15-29(28-26(21)17(2)3)24-12-7-18(4)14-27-24/h7,9,11-15,17H,6,8,10,16H2,1-5H3. The zero-order valence-electron chi connectivity index (χ0n) is 19.9. The predicted molar refractivity (Wildman–Crippen MR) is 126 cm³/mol. The van der Waals surface area contributed by atoms with Gasteiger partial charge in [-0.15, -0.1) is 0 Å². The van der Waals surface area contributed by atoms with Crippen molar-refractivity contribution in [2.75, 3.05) is 13.2 Å². The van der Waals surface area contributed by atoms with Gasteiger partial charge < -0.3 is 9.47 Å². The van der Waals surface area contributed by atoms with Crippen LogP contribution in [0.15, 0.2) is 42.7 Å². The lowest BCUT2D eigenvalue weighted by atomic mass is 9.98. The highest BCUT2D eigenvalue weighted by Gasteiger charge is 2.16. The molecule has 0 unspecified atom stereocenters. The Hall–Kier alpha value is -3.48. The summed E-state index contributed by atoms with van der Waals surface area (Å²) in [5, 5.41) is 4.72. The lowest BCUT2D eigenvalue weighted by Gasteiger charge is -2.10. The molecule has 0 spiro atoms. The first kappa shape index (κ1) is 24.2. The molecule has 0 atom stereocenters. The van der Waals surface area contributed by atoms with Gasteiger partial charge in [-0.05, 0) is 74.1 Å². The van der Waals surface area contributed by atoms with Crippen molar-refractivity contribution < 1.29 is 19.1 Å². The number of hydrogen-bond donors (Lipinski definition) is 0. The Morgan fingerprint density at radius 1 is 1.12 bits per heavy atom. The fraction of sp³-hybridized carbons (Fsp3) is 0.385. The molecule has 0 amide bonds. The SMILES string of the molecule is CCOC(=O)COc1ccc(C(=O)CCc2cn(-c3ccc(C)cn3)nc2C(C)C)cc1C. The molecule has 7 heteroatoms. The summed E-state index contributed by atoms with van der Waals surface area (Å²) in [6.45, 7) is 9.95. The molecule has 0 saturated heterocycles. The molecule has 3 aromatic rings. The molecular formula is C26H31N3O4. The number of rotatable bonds is 10. The van der Waals surface area contributed by atoms with E-state index in [0.717, 1.165) is 28.2 Å². The van der Waals surface area contributed by atoms with Gasteiger partial charge >= 0.3 is 5.97 Å². The van der Waals surface area contributed by atoms with Crippen molar-refractivity contribution >= 4 is 11.8 Å². The van der Waals surface area contributed by atoms with E-state index in [1.807, 2.05) is 38.4 Å². The van der Waals surface area contributed by atoms with Crippen LogP contribution in [0.5, 0.6) is 5.75 Å². The van der Waals surface area contributed by atoms with Gasteiger partial charge in [-0.25, -0.2) is 14.5 Å². The lowest BCUT2D eigenvalue weighted by Crippen LogP contribution is -2.15. The van der Waals surface area contributed by atoms with Crippen LogP contribution in [-0.2, 0) is 16.0 Å². The van der Waals surface area contributed by atoms with Crippen LogP contribution in [0.3, 0.4) is 0 Å². The van der Waals surface area contributed by atoms with Crippen LogP contribution in [0.25, 0.3) is 5.82 Å². The maximum Gasteiger partial charge on any atom is 0.344 e. The summed E-state index contributed by atoms with van der Waals surface area (Å²) in [7, 11) is 0. The number of esters is 1. The molecule has 33 heavy (non-hydrogen) atoms. The number of aryl methyl sites for hydroxylation is 3. The number of carbonyl (C=O) groups excluding carboxylic acids is 2. The molecule has 1 aromatic carbocycles. The third-order valence-corrected chi connectivity index (χ3v) is 5.27. The fourth-order valence-corrected chi connectivity index (χ4v) is 3.53. The highest BCUT2D eigenvalue weighted by molar-refractivity contribution is 5.96. The Morgan fingerprint density at radius 2 is 1.91 bits per heavy atom. The number of Topliss-reactive ketones (excluding diaryl/α,β-unsaturated/α-hetero) is 1. The number of pyridine rings is 1. The fourth-order valence-electron chi connectivity index (χ4n) is 3.53. The van der Waals surface area contributed by atoms with Gasteiger partial charge in [-0.1, -0.05) is 19.9 Å². The first-order chi connectivity index (χ1) is 15.8. The van der Waals surface area contributed by atoms with Gasteiger partial charge in [-0.3, -0.25) is 4.79 Å². The van der Waals surface area contributed by atoms with Gasteiger partial charge in [0.05, 0.1) is 12.3 Å². The summed E-state index contributed by atoms with van der Waals surface area (Å²) < 4.78 is 12.2. The molecule has 0 aliphatic heterocycles. The summed E-state index contributed by atoms with van der Waals surface area (Å²) in [5.74, 6) is 1.19. The molecule has 0 saturated carbocycles. The Morgan fingerprint density at radius 3 is 2.55 bits per heavy atom. The van der Waals surface area contributed by atoms with E-state index in [0.29, 0.717) is 30.8 Å². The van der Waals surface area contributed by atoms with Crippen LogP contribution >= 0.6 is 0 Å². The monoisotopic (exact) mass is 449 g/mol. The summed E-state index contributed by atoms with van der Waals surface area (Å²) in [6, 6.07) is 9.20. The highest BCUT2D eigenvalue weighted by Crippen LogP contribution is 2.23. The molecule has 0 aliphatic rings. The van der Waals surface area contributed by atoms with Crippen molar-refractivity contribution in [2.45, 2.75) is 53.4 Å². The zero-order valence-corrected chi connectivity index (χ0v) is 19.9. The topological polar surface area (TPSA) is 83.3 Å². The van der Waals surface area contributed by atoms with Gasteiger partial charge in [0.1, 0.15) is 5.75 Å². The average Bonchev–Trinajstić information content (AvgIpc) is 3.22. The van der Waals surface area contributed by atoms with E-state index in [9.17, 15) is 9.59 Å². The van der Waals surface area contributed by atoms with E-state index in [2.05, 4.69) is 18.8 Å². The van der Waals surface area contributed by atoms with E-state index < -0.39 is 5.97 Å². The third kappa shape index (κ3) is 6.28. The highest BCUT2D eigenvalue weighted by atomic mass is 16.6. The minimum Gasteiger partial charge on any atom is -0.482 e. The van der Waals surface area contributed by atoms with Gasteiger partial charge in [0.25, 0.3) is 0 Å². The first-order valence-corrected chi connectivity index (χ1v) is 11.2. The molecular weight excluding hydrogens is 418 g/mol. The minimum absolute atomic E-state index is 0.0472. The number of ketones is 1. The maximum absolute atomic E-state index is 12.9. The van der Waals surface area contributed by atoms with Crippen molar-refractivity contribution in [3.05, 3.63) is 70.7 Å². The normalized spacial score (nSPS) is 11.0. The third-order valence-electron chi connectivity index (χ3n) is 5.27. The van der Waals surface area contributed by atoms with Gasteiger partial charge in [0.15, 0.2) is 18.2 Å². The van der Waals surface area contributed by atoms with Gasteiger partial charge in [-0.2, -0.15) is 5.10 Å². The number of ether oxygens (including phenoxy) is 2. The van der Waals surface area contributed by atoms with E-state index in [-0.39, 0.29) is 18.3 Å². The maximum atomic E-state index is 12.9. The largest absolute Gasteiger partial charge is 0.482 e. The Labute approximate surface area is 194 Å². The molecule has 0 N–H and O–H groups in total. The van der Waals surface area contributed by atoms with E-state index in [1.165, 1.54) is 0 Å². The number of carbonyl (C=O) groups is 2. The van der Waals surface area contributed by atoms with Crippen LogP contribution < -0.4 is 4.74 Å². The second-order valence-electron chi connectivity index (χ2n) is 8.33. The predicted octanol–water partition coefficient (Wildman–Crippen LogP) is 4.76. The van der Waals surface area contributed by atoms with E-state index >= 15 is 0 Å². The van der Waals surface area contributed by atoms with E-state index in [4.69, 9.17) is 14.6 Å².